The van der Waals surface area contributed by atoms with Gasteiger partial charge in [0.05, 0.1) is 0 Å². The lowest BCUT2D eigenvalue weighted by Crippen LogP contribution is -2.13. The quantitative estimate of drug-likeness (QED) is 0.639. The highest BCUT2D eigenvalue weighted by molar-refractivity contribution is 5.38. The molecule has 0 aliphatic carbocycles. The Morgan fingerprint density at radius 1 is 1.42 bits per heavy atom. The fourth-order valence-electron chi connectivity index (χ4n) is 1.38. The number of para-hydroxylation sites is 1. The molecule has 2 nitrogen and oxygen atoms in total. The van der Waals surface area contributed by atoms with E-state index in [1.165, 1.54) is 7.11 Å². The summed E-state index contributed by atoms with van der Waals surface area (Å²) in [4.78, 5) is 0. The second kappa shape index (κ2) is 2.75. The molecule has 0 unspecified atom stereocenters. The molecule has 0 spiro atoms. The highest BCUT2D eigenvalue weighted by atomic mass is 19.1. The molecule has 2 atom stereocenters. The fraction of sp³-hybridized carbons (Fsp3) is 0.333. The summed E-state index contributed by atoms with van der Waals surface area (Å²) in [6.07, 6.45) is -1.94. The molecule has 0 N–H and O–H groups in total. The van der Waals surface area contributed by atoms with Crippen LogP contribution in [0.25, 0.3) is 0 Å². The fourth-order valence-corrected chi connectivity index (χ4v) is 1.38. The van der Waals surface area contributed by atoms with E-state index in [4.69, 9.17) is 9.47 Å². The molecule has 1 aromatic rings. The van der Waals surface area contributed by atoms with Crippen LogP contribution in [0.15, 0.2) is 24.3 Å². The number of methoxy groups -OCH3 is 1. The van der Waals surface area contributed by atoms with Crippen LogP contribution in [0.1, 0.15) is 11.7 Å². The third kappa shape index (κ3) is 0.975. The summed E-state index contributed by atoms with van der Waals surface area (Å²) in [5.74, 6) is 0.580. The SMILES string of the molecule is CO[C@H]1c2ccccc2O[C@@H]1F. The molecule has 0 saturated carbocycles. The van der Waals surface area contributed by atoms with E-state index in [0.717, 1.165) is 5.56 Å². The molecule has 0 fully saturated rings. The van der Waals surface area contributed by atoms with Crippen molar-refractivity contribution in [1.29, 1.82) is 0 Å². The molecule has 0 aromatic heterocycles. The van der Waals surface area contributed by atoms with Gasteiger partial charge >= 0.3 is 0 Å². The van der Waals surface area contributed by atoms with Crippen LogP contribution in [0.4, 0.5) is 4.39 Å². The molecule has 1 aromatic carbocycles. The maximum absolute atomic E-state index is 13.0. The molecule has 64 valence electrons. The van der Waals surface area contributed by atoms with Crippen LogP contribution in [0, 0.1) is 0 Å². The normalized spacial score (nSPS) is 26.5. The minimum atomic E-state index is -1.37. The molecular formula is C9H9FO2. The number of fused-ring (bicyclic) bond motifs is 1. The number of benzene rings is 1. The van der Waals surface area contributed by atoms with E-state index >= 15 is 0 Å². The summed E-state index contributed by atoms with van der Waals surface area (Å²) >= 11 is 0. The summed E-state index contributed by atoms with van der Waals surface area (Å²) in [5.41, 5.74) is 0.785. The molecule has 1 heterocycles. The van der Waals surface area contributed by atoms with E-state index in [9.17, 15) is 4.39 Å². The summed E-state index contributed by atoms with van der Waals surface area (Å²) < 4.78 is 22.9. The Kier molecular flexibility index (Phi) is 1.73. The van der Waals surface area contributed by atoms with Crippen molar-refractivity contribution in [3.63, 3.8) is 0 Å². The maximum atomic E-state index is 13.0. The van der Waals surface area contributed by atoms with Gasteiger partial charge in [0.15, 0.2) is 6.10 Å². The number of hydrogen-bond acceptors (Lipinski definition) is 2. The molecule has 3 heteroatoms. The molecular weight excluding hydrogens is 159 g/mol. The molecule has 0 amide bonds. The second-order valence-corrected chi connectivity index (χ2v) is 2.66. The van der Waals surface area contributed by atoms with Gasteiger partial charge < -0.3 is 9.47 Å². The smallest absolute Gasteiger partial charge is 0.268 e. The zero-order chi connectivity index (χ0) is 8.55. The number of rotatable bonds is 1. The zero-order valence-electron chi connectivity index (χ0n) is 6.66. The Balaban J connectivity index is 2.40. The highest BCUT2D eigenvalue weighted by Crippen LogP contribution is 2.38. The van der Waals surface area contributed by atoms with Gasteiger partial charge in [0.25, 0.3) is 6.36 Å². The van der Waals surface area contributed by atoms with Gasteiger partial charge in [-0.1, -0.05) is 18.2 Å². The first-order chi connectivity index (χ1) is 5.83. The molecule has 0 radical (unpaired) electrons. The van der Waals surface area contributed by atoms with E-state index in [2.05, 4.69) is 0 Å². The van der Waals surface area contributed by atoms with Crippen LogP contribution < -0.4 is 4.74 Å². The third-order valence-electron chi connectivity index (χ3n) is 1.96. The minimum Gasteiger partial charge on any atom is -0.457 e. The van der Waals surface area contributed by atoms with Crippen molar-refractivity contribution in [2.45, 2.75) is 12.5 Å². The monoisotopic (exact) mass is 168 g/mol. The van der Waals surface area contributed by atoms with Crippen molar-refractivity contribution in [2.24, 2.45) is 0 Å². The van der Waals surface area contributed by atoms with Crippen molar-refractivity contribution in [3.8, 4) is 5.75 Å². The lowest BCUT2D eigenvalue weighted by molar-refractivity contribution is -0.0444. The van der Waals surface area contributed by atoms with Gasteiger partial charge in [0.1, 0.15) is 5.75 Å². The summed E-state index contributed by atoms with van der Waals surface area (Å²) in [5, 5.41) is 0. The molecule has 1 aliphatic rings. The van der Waals surface area contributed by atoms with Crippen LogP contribution in [0.3, 0.4) is 0 Å². The topological polar surface area (TPSA) is 18.5 Å². The molecule has 12 heavy (non-hydrogen) atoms. The standard InChI is InChI=1S/C9H9FO2/c1-11-8-6-4-2-3-5-7(6)12-9(8)10/h2-5,8-9H,1H3/t8-,9-/m0/s1. The van der Waals surface area contributed by atoms with Crippen molar-refractivity contribution in [3.05, 3.63) is 29.8 Å². The van der Waals surface area contributed by atoms with Gasteiger partial charge in [-0.2, -0.15) is 4.39 Å². The minimum absolute atomic E-state index is 0.568. The van der Waals surface area contributed by atoms with Crippen molar-refractivity contribution < 1.29 is 13.9 Å². The van der Waals surface area contributed by atoms with E-state index in [0.29, 0.717) is 5.75 Å². The highest BCUT2D eigenvalue weighted by Gasteiger charge is 2.33. The van der Waals surface area contributed by atoms with Crippen molar-refractivity contribution in [2.75, 3.05) is 7.11 Å². The lowest BCUT2D eigenvalue weighted by atomic mass is 10.1. The average molecular weight is 168 g/mol. The second-order valence-electron chi connectivity index (χ2n) is 2.66. The Bertz CT molecular complexity index is 288. The molecule has 1 aliphatic heterocycles. The van der Waals surface area contributed by atoms with E-state index in [1.807, 2.05) is 18.2 Å². The third-order valence-corrected chi connectivity index (χ3v) is 1.96. The first-order valence-electron chi connectivity index (χ1n) is 3.75. The van der Waals surface area contributed by atoms with Crippen molar-refractivity contribution >= 4 is 0 Å². The van der Waals surface area contributed by atoms with E-state index in [1.54, 1.807) is 6.07 Å². The number of hydrogen-bond donors (Lipinski definition) is 0. The van der Waals surface area contributed by atoms with Gasteiger partial charge in [-0.15, -0.1) is 0 Å². The Morgan fingerprint density at radius 2 is 2.17 bits per heavy atom. The van der Waals surface area contributed by atoms with Crippen LogP contribution in [0.5, 0.6) is 5.75 Å². The Hall–Kier alpha value is -1.09. The van der Waals surface area contributed by atoms with Gasteiger partial charge in [0.2, 0.25) is 0 Å². The first-order valence-corrected chi connectivity index (χ1v) is 3.75. The number of alkyl halides is 1. The van der Waals surface area contributed by atoms with Gasteiger partial charge in [0, 0.05) is 12.7 Å². The largest absolute Gasteiger partial charge is 0.457 e. The lowest BCUT2D eigenvalue weighted by Gasteiger charge is -2.08. The van der Waals surface area contributed by atoms with E-state index in [-0.39, 0.29) is 0 Å². The van der Waals surface area contributed by atoms with Gasteiger partial charge in [-0.05, 0) is 6.07 Å². The van der Waals surface area contributed by atoms with Crippen LogP contribution >= 0.6 is 0 Å². The summed E-state index contributed by atoms with van der Waals surface area (Å²) in [6.45, 7) is 0. The Labute approximate surface area is 69.9 Å². The predicted octanol–water partition coefficient (Wildman–Crippen LogP) is 2.06. The zero-order valence-corrected chi connectivity index (χ0v) is 6.66. The summed E-state index contributed by atoms with van der Waals surface area (Å²) in [6, 6.07) is 7.19. The van der Waals surface area contributed by atoms with Gasteiger partial charge in [-0.25, -0.2) is 0 Å². The predicted molar refractivity (Wildman–Crippen MR) is 41.7 cm³/mol. The molecule has 0 saturated heterocycles. The van der Waals surface area contributed by atoms with Crippen molar-refractivity contribution in [1.82, 2.24) is 0 Å². The number of halogens is 1. The molecule has 0 bridgehead atoms. The maximum Gasteiger partial charge on any atom is 0.268 e. The van der Waals surface area contributed by atoms with E-state index < -0.39 is 12.5 Å². The Morgan fingerprint density at radius 3 is 2.92 bits per heavy atom. The first kappa shape index (κ1) is 7.55. The number of ether oxygens (including phenoxy) is 2. The molecule has 2 rings (SSSR count). The van der Waals surface area contributed by atoms with Gasteiger partial charge in [-0.3, -0.25) is 0 Å². The average Bonchev–Trinajstić information content (AvgIpc) is 2.40. The van der Waals surface area contributed by atoms with Crippen LogP contribution in [0.2, 0.25) is 0 Å². The van der Waals surface area contributed by atoms with Crippen LogP contribution in [-0.4, -0.2) is 13.5 Å². The van der Waals surface area contributed by atoms with Crippen LogP contribution in [-0.2, 0) is 4.74 Å². The summed E-state index contributed by atoms with van der Waals surface area (Å²) in [7, 11) is 1.47.